The number of nitrogens with zero attached hydrogens (tertiary/aromatic N) is 4. The maximum atomic E-state index is 6.20. The van der Waals surface area contributed by atoms with Gasteiger partial charge in [-0.3, -0.25) is 9.88 Å². The van der Waals surface area contributed by atoms with Crippen LogP contribution < -0.4 is 5.73 Å². The molecule has 1 aliphatic heterocycles. The Kier molecular flexibility index (Phi) is 4.34. The van der Waals surface area contributed by atoms with E-state index in [1.165, 1.54) is 5.56 Å². The van der Waals surface area contributed by atoms with Gasteiger partial charge in [-0.1, -0.05) is 25.1 Å². The minimum absolute atomic E-state index is 0.258. The van der Waals surface area contributed by atoms with Crippen molar-refractivity contribution in [2.24, 2.45) is 11.7 Å². The van der Waals surface area contributed by atoms with Gasteiger partial charge in [0.1, 0.15) is 0 Å². The molecule has 25 heavy (non-hydrogen) atoms. The molecular weight excluding hydrogens is 310 g/mol. The molecule has 4 rings (SSSR count). The van der Waals surface area contributed by atoms with Gasteiger partial charge in [-0.25, -0.2) is 4.68 Å². The van der Waals surface area contributed by atoms with Crippen LogP contribution in [0.4, 0.5) is 0 Å². The molecule has 0 amide bonds. The Balaban J connectivity index is 1.70. The molecule has 0 aliphatic carbocycles. The van der Waals surface area contributed by atoms with Crippen molar-refractivity contribution in [2.75, 3.05) is 13.1 Å². The van der Waals surface area contributed by atoms with E-state index >= 15 is 0 Å². The lowest BCUT2D eigenvalue weighted by molar-refractivity contribution is 0.319. The summed E-state index contributed by atoms with van der Waals surface area (Å²) in [6.07, 6.45) is 5.77. The van der Waals surface area contributed by atoms with Crippen LogP contribution in [0, 0.1) is 5.92 Å². The lowest BCUT2D eigenvalue weighted by Gasteiger charge is -2.14. The van der Waals surface area contributed by atoms with Crippen LogP contribution in [0.3, 0.4) is 0 Å². The molecule has 3 heterocycles. The smallest absolute Gasteiger partial charge is 0.0973 e. The molecule has 0 saturated carbocycles. The van der Waals surface area contributed by atoms with Crippen LogP contribution in [0.5, 0.6) is 0 Å². The fraction of sp³-hybridized carbons (Fsp3) is 0.300. The molecule has 5 nitrogen and oxygen atoms in total. The topological polar surface area (TPSA) is 60.0 Å². The van der Waals surface area contributed by atoms with Crippen LogP contribution in [0.1, 0.15) is 12.5 Å². The van der Waals surface area contributed by atoms with E-state index in [-0.39, 0.29) is 6.04 Å². The molecule has 2 N–H and O–H groups in total. The van der Waals surface area contributed by atoms with E-state index in [9.17, 15) is 0 Å². The van der Waals surface area contributed by atoms with Crippen LogP contribution in [0.2, 0.25) is 0 Å². The van der Waals surface area contributed by atoms with Gasteiger partial charge < -0.3 is 5.73 Å². The number of rotatable bonds is 4. The number of pyridine rings is 1. The molecule has 5 heteroatoms. The molecule has 1 aromatic carbocycles. The Morgan fingerprint density at radius 1 is 1.08 bits per heavy atom. The van der Waals surface area contributed by atoms with Crippen molar-refractivity contribution in [2.45, 2.75) is 19.5 Å². The van der Waals surface area contributed by atoms with Gasteiger partial charge in [0.05, 0.1) is 11.4 Å². The van der Waals surface area contributed by atoms with Crippen LogP contribution in [0.25, 0.3) is 16.9 Å². The van der Waals surface area contributed by atoms with Crippen molar-refractivity contribution in [1.29, 1.82) is 0 Å². The van der Waals surface area contributed by atoms with Gasteiger partial charge in [-0.05, 0) is 30.2 Å². The predicted molar refractivity (Wildman–Crippen MR) is 99.2 cm³/mol. The third kappa shape index (κ3) is 3.34. The van der Waals surface area contributed by atoms with E-state index < -0.39 is 0 Å². The monoisotopic (exact) mass is 333 g/mol. The first-order valence-corrected chi connectivity index (χ1v) is 8.73. The van der Waals surface area contributed by atoms with Crippen LogP contribution >= 0.6 is 0 Å². The quantitative estimate of drug-likeness (QED) is 0.797. The van der Waals surface area contributed by atoms with Crippen LogP contribution in [-0.2, 0) is 6.54 Å². The van der Waals surface area contributed by atoms with Gasteiger partial charge in [0.15, 0.2) is 0 Å². The molecule has 1 saturated heterocycles. The number of para-hydroxylation sites is 1. The van der Waals surface area contributed by atoms with E-state index in [2.05, 4.69) is 35.1 Å². The Hall–Kier alpha value is -2.50. The first-order chi connectivity index (χ1) is 12.2. The summed E-state index contributed by atoms with van der Waals surface area (Å²) in [5, 5.41) is 4.86. The molecule has 128 valence electrons. The standard InChI is InChI=1S/C20H23N5/c1-15-11-24(14-19(15)21)12-17-13-25(18-5-3-2-4-6-18)23-20(17)16-7-9-22-10-8-16/h2-10,13,15,19H,11-12,14,21H2,1H3. The molecule has 0 spiro atoms. The van der Waals surface area contributed by atoms with Gasteiger partial charge in [0.2, 0.25) is 0 Å². The Labute approximate surface area is 148 Å². The molecular formula is C20H23N5. The molecule has 3 aromatic rings. The summed E-state index contributed by atoms with van der Waals surface area (Å²) in [6.45, 7) is 5.06. The van der Waals surface area contributed by atoms with Crippen LogP contribution in [-0.4, -0.2) is 38.8 Å². The average Bonchev–Trinajstić information content (AvgIpc) is 3.20. The van der Waals surface area contributed by atoms with E-state index in [4.69, 9.17) is 10.8 Å². The van der Waals surface area contributed by atoms with Crippen molar-refractivity contribution in [3.8, 4) is 16.9 Å². The largest absolute Gasteiger partial charge is 0.326 e. The fourth-order valence-corrected chi connectivity index (χ4v) is 3.46. The number of hydrogen-bond acceptors (Lipinski definition) is 4. The normalized spacial score (nSPS) is 20.9. The van der Waals surface area contributed by atoms with Crippen LogP contribution in [0.15, 0.2) is 61.1 Å². The first kappa shape index (κ1) is 16.0. The van der Waals surface area contributed by atoms with Crippen molar-refractivity contribution in [1.82, 2.24) is 19.7 Å². The zero-order valence-electron chi connectivity index (χ0n) is 14.4. The zero-order chi connectivity index (χ0) is 17.2. The van der Waals surface area contributed by atoms with Gasteiger partial charge in [0, 0.05) is 55.4 Å². The van der Waals surface area contributed by atoms with Crippen molar-refractivity contribution in [3.63, 3.8) is 0 Å². The highest BCUT2D eigenvalue weighted by atomic mass is 15.3. The molecule has 1 aliphatic rings. The molecule has 2 aromatic heterocycles. The summed E-state index contributed by atoms with van der Waals surface area (Å²) in [7, 11) is 0. The van der Waals surface area contributed by atoms with Gasteiger partial charge >= 0.3 is 0 Å². The maximum absolute atomic E-state index is 6.20. The first-order valence-electron chi connectivity index (χ1n) is 8.73. The molecule has 2 atom stereocenters. The van der Waals surface area contributed by atoms with E-state index in [0.717, 1.165) is 36.6 Å². The Morgan fingerprint density at radius 3 is 2.52 bits per heavy atom. The third-order valence-electron chi connectivity index (χ3n) is 4.90. The summed E-state index contributed by atoms with van der Waals surface area (Å²) < 4.78 is 1.96. The number of likely N-dealkylation sites (tertiary alicyclic amines) is 1. The predicted octanol–water partition coefficient (Wildman–Crippen LogP) is 2.71. The molecule has 0 radical (unpaired) electrons. The van der Waals surface area contributed by atoms with Crippen molar-refractivity contribution in [3.05, 3.63) is 66.6 Å². The van der Waals surface area contributed by atoms with E-state index in [1.54, 1.807) is 0 Å². The van der Waals surface area contributed by atoms with E-state index in [0.29, 0.717) is 5.92 Å². The highest BCUT2D eigenvalue weighted by molar-refractivity contribution is 5.62. The Morgan fingerprint density at radius 2 is 1.84 bits per heavy atom. The summed E-state index contributed by atoms with van der Waals surface area (Å²) in [4.78, 5) is 6.55. The second-order valence-electron chi connectivity index (χ2n) is 6.85. The second kappa shape index (κ2) is 6.78. The Bertz CT molecular complexity index is 818. The van der Waals surface area contributed by atoms with E-state index in [1.807, 2.05) is 47.4 Å². The highest BCUT2D eigenvalue weighted by Gasteiger charge is 2.27. The fourth-order valence-electron chi connectivity index (χ4n) is 3.46. The molecule has 0 bridgehead atoms. The summed E-state index contributed by atoms with van der Waals surface area (Å²) in [5.41, 5.74) is 10.6. The second-order valence-corrected chi connectivity index (χ2v) is 6.85. The van der Waals surface area contributed by atoms with Gasteiger partial charge in [-0.2, -0.15) is 5.10 Å². The summed E-state index contributed by atoms with van der Waals surface area (Å²) >= 11 is 0. The third-order valence-corrected chi connectivity index (χ3v) is 4.90. The maximum Gasteiger partial charge on any atom is 0.0973 e. The lowest BCUT2D eigenvalue weighted by Crippen LogP contribution is -2.28. The summed E-state index contributed by atoms with van der Waals surface area (Å²) in [5.74, 6) is 0.536. The minimum Gasteiger partial charge on any atom is -0.326 e. The highest BCUT2D eigenvalue weighted by Crippen LogP contribution is 2.26. The number of benzene rings is 1. The average molecular weight is 333 g/mol. The zero-order valence-corrected chi connectivity index (χ0v) is 14.4. The number of aromatic nitrogens is 3. The van der Waals surface area contributed by atoms with Crippen molar-refractivity contribution >= 4 is 0 Å². The minimum atomic E-state index is 0.258. The SMILES string of the molecule is CC1CN(Cc2cn(-c3ccccc3)nc2-c2ccncc2)CC1N. The van der Waals surface area contributed by atoms with Gasteiger partial charge in [0.25, 0.3) is 0 Å². The number of nitrogens with two attached hydrogens (primary N) is 1. The molecule has 2 unspecified atom stereocenters. The lowest BCUT2D eigenvalue weighted by atomic mass is 10.1. The molecule has 1 fully saturated rings. The number of hydrogen-bond donors (Lipinski definition) is 1. The van der Waals surface area contributed by atoms with Gasteiger partial charge in [-0.15, -0.1) is 0 Å². The van der Waals surface area contributed by atoms with Crippen molar-refractivity contribution < 1.29 is 0 Å². The summed E-state index contributed by atoms with van der Waals surface area (Å²) in [6, 6.07) is 14.5.